The number of anilines is 2. The number of ether oxygens (including phenoxy) is 1. The number of hydrogen-bond acceptors (Lipinski definition) is 7. The van der Waals surface area contributed by atoms with Crippen LogP contribution < -0.4 is 14.5 Å². The van der Waals surface area contributed by atoms with Gasteiger partial charge in [0.1, 0.15) is 21.4 Å². The fraction of sp³-hybridized carbons (Fsp3) is 0.120. The summed E-state index contributed by atoms with van der Waals surface area (Å²) in [7, 11) is 1.64. The van der Waals surface area contributed by atoms with Crippen LogP contribution >= 0.6 is 35.1 Å². The third-order valence-electron chi connectivity index (χ3n) is 5.34. The number of fused-ring (bicyclic) bond motifs is 1. The summed E-state index contributed by atoms with van der Waals surface area (Å²) in [4.78, 5) is 23.9. The van der Waals surface area contributed by atoms with Gasteiger partial charge in [-0.25, -0.2) is 4.99 Å². The van der Waals surface area contributed by atoms with E-state index in [4.69, 9.17) is 21.3 Å². The molecule has 0 spiro atoms. The summed E-state index contributed by atoms with van der Waals surface area (Å²) in [6, 6.07) is 19.6. The Morgan fingerprint density at radius 2 is 1.85 bits per heavy atom. The minimum atomic E-state index is -0.169. The highest BCUT2D eigenvalue weighted by Crippen LogP contribution is 2.52. The molecule has 0 atom stereocenters. The van der Waals surface area contributed by atoms with Crippen molar-refractivity contribution in [3.8, 4) is 11.5 Å². The summed E-state index contributed by atoms with van der Waals surface area (Å²) in [5.74, 6) is 0.725. The molecule has 2 heterocycles. The fourth-order valence-corrected chi connectivity index (χ4v) is 6.29. The molecule has 3 aromatic rings. The molecule has 0 radical (unpaired) electrons. The van der Waals surface area contributed by atoms with Gasteiger partial charge in [-0.15, -0.1) is 0 Å². The number of methoxy groups -OCH3 is 1. The average Bonchev–Trinajstić information content (AvgIpc) is 3.36. The van der Waals surface area contributed by atoms with E-state index in [0.717, 1.165) is 21.4 Å². The Balaban J connectivity index is 1.62. The molecule has 1 N–H and O–H groups in total. The number of phenolic OH excluding ortho intramolecular Hbond substituents is 1. The number of aromatic hydroxyl groups is 1. The third-order valence-corrected chi connectivity index (χ3v) is 7.92. The standard InChI is InChI=1S/C25H20ClN3O3S2/c1-3-28-20-14-19(32-2)11-12-21(20)33-24(28)22-23(31)29(17-7-9-18(30)10-8-17)25(34-22)27-16-6-4-5-15(26)13-16/h4-14,30H,3H2,1-2H3/b24-22-,27-25?. The van der Waals surface area contributed by atoms with Crippen molar-refractivity contribution in [3.63, 3.8) is 0 Å². The van der Waals surface area contributed by atoms with Gasteiger partial charge >= 0.3 is 0 Å². The number of nitrogens with zero attached hydrogens (tertiary/aromatic N) is 3. The molecule has 0 aromatic heterocycles. The molecular weight excluding hydrogens is 490 g/mol. The molecule has 3 aromatic carbocycles. The van der Waals surface area contributed by atoms with Crippen molar-refractivity contribution in [1.29, 1.82) is 0 Å². The number of phenols is 1. The van der Waals surface area contributed by atoms with Gasteiger partial charge in [0.2, 0.25) is 0 Å². The van der Waals surface area contributed by atoms with Crippen molar-refractivity contribution in [2.45, 2.75) is 11.8 Å². The second kappa shape index (κ2) is 9.29. The molecule has 0 bridgehead atoms. The van der Waals surface area contributed by atoms with Crippen molar-refractivity contribution >= 4 is 63.3 Å². The number of carbonyl (C=O) groups excluding carboxylic acids is 1. The molecule has 2 aliphatic heterocycles. The van der Waals surface area contributed by atoms with Crippen LogP contribution in [0, 0.1) is 0 Å². The Bertz CT molecular complexity index is 1340. The van der Waals surface area contributed by atoms with Gasteiger partial charge in [0.15, 0.2) is 5.17 Å². The number of amidine groups is 1. The zero-order valence-electron chi connectivity index (χ0n) is 18.4. The van der Waals surface area contributed by atoms with Gasteiger partial charge in [-0.05, 0) is 73.3 Å². The highest BCUT2D eigenvalue weighted by Gasteiger charge is 2.40. The van der Waals surface area contributed by atoms with Crippen LogP contribution in [0.1, 0.15) is 6.92 Å². The van der Waals surface area contributed by atoms with E-state index in [1.54, 1.807) is 60.2 Å². The van der Waals surface area contributed by atoms with Crippen LogP contribution in [-0.4, -0.2) is 29.8 Å². The summed E-state index contributed by atoms with van der Waals surface area (Å²) in [6.45, 7) is 2.75. The molecule has 0 aliphatic carbocycles. The number of rotatable bonds is 4. The fourth-order valence-electron chi connectivity index (χ4n) is 3.74. The zero-order valence-corrected chi connectivity index (χ0v) is 20.7. The molecule has 172 valence electrons. The number of carbonyl (C=O) groups is 1. The number of aliphatic imine (C=N–C) groups is 1. The van der Waals surface area contributed by atoms with E-state index in [1.165, 1.54) is 11.8 Å². The predicted molar refractivity (Wildman–Crippen MR) is 141 cm³/mol. The van der Waals surface area contributed by atoms with Crippen LogP contribution in [0.4, 0.5) is 17.1 Å². The van der Waals surface area contributed by atoms with Gasteiger partial charge in [-0.2, -0.15) is 0 Å². The Kier molecular flexibility index (Phi) is 6.20. The van der Waals surface area contributed by atoms with Crippen molar-refractivity contribution in [1.82, 2.24) is 0 Å². The van der Waals surface area contributed by atoms with E-state index in [-0.39, 0.29) is 11.7 Å². The smallest absolute Gasteiger partial charge is 0.274 e. The molecule has 5 rings (SSSR count). The summed E-state index contributed by atoms with van der Waals surface area (Å²) >= 11 is 9.06. The molecule has 1 amide bonds. The summed E-state index contributed by atoms with van der Waals surface area (Å²) in [5.41, 5.74) is 2.29. The molecule has 2 aliphatic rings. The van der Waals surface area contributed by atoms with Crippen LogP contribution in [-0.2, 0) is 4.79 Å². The van der Waals surface area contributed by atoms with E-state index < -0.39 is 0 Å². The summed E-state index contributed by atoms with van der Waals surface area (Å²) in [5, 5.41) is 11.7. The first-order chi connectivity index (χ1) is 16.5. The molecule has 0 saturated carbocycles. The first-order valence-electron chi connectivity index (χ1n) is 10.5. The molecule has 1 saturated heterocycles. The second-order valence-corrected chi connectivity index (χ2v) is 9.89. The first kappa shape index (κ1) is 22.7. The third kappa shape index (κ3) is 4.13. The van der Waals surface area contributed by atoms with Crippen LogP contribution in [0.5, 0.6) is 11.5 Å². The summed E-state index contributed by atoms with van der Waals surface area (Å²) in [6.07, 6.45) is 0. The van der Waals surface area contributed by atoms with E-state index in [1.807, 2.05) is 30.3 Å². The van der Waals surface area contributed by atoms with Gasteiger partial charge in [0, 0.05) is 22.5 Å². The minimum Gasteiger partial charge on any atom is -0.508 e. The number of halogens is 1. The van der Waals surface area contributed by atoms with Crippen LogP contribution in [0.2, 0.25) is 5.02 Å². The Hall–Kier alpha value is -3.07. The lowest BCUT2D eigenvalue weighted by molar-refractivity contribution is -0.113. The average molecular weight is 510 g/mol. The maximum atomic E-state index is 13.8. The lowest BCUT2D eigenvalue weighted by Crippen LogP contribution is -2.29. The SMILES string of the molecule is CCN1/C(=C2/SC(=Nc3cccc(Cl)c3)N(c3ccc(O)cc3)C2=O)Sc2ccc(OC)cc21. The quantitative estimate of drug-likeness (QED) is 0.398. The van der Waals surface area contributed by atoms with E-state index in [2.05, 4.69) is 11.8 Å². The predicted octanol–water partition coefficient (Wildman–Crippen LogP) is 6.62. The van der Waals surface area contributed by atoms with Crippen LogP contribution in [0.25, 0.3) is 0 Å². The maximum absolute atomic E-state index is 13.8. The van der Waals surface area contributed by atoms with Crippen molar-refractivity contribution < 1.29 is 14.6 Å². The normalized spacial score (nSPS) is 18.7. The lowest BCUT2D eigenvalue weighted by atomic mass is 10.2. The second-order valence-electron chi connectivity index (χ2n) is 7.45. The van der Waals surface area contributed by atoms with Gasteiger partial charge in [0.25, 0.3) is 5.91 Å². The van der Waals surface area contributed by atoms with Gasteiger partial charge in [-0.1, -0.05) is 29.4 Å². The molecule has 34 heavy (non-hydrogen) atoms. The van der Waals surface area contributed by atoms with E-state index in [9.17, 15) is 9.90 Å². The maximum Gasteiger partial charge on any atom is 0.274 e. The highest BCUT2D eigenvalue weighted by molar-refractivity contribution is 8.20. The number of hydrogen-bond donors (Lipinski definition) is 1. The van der Waals surface area contributed by atoms with Gasteiger partial charge in [-0.3, -0.25) is 9.69 Å². The zero-order chi connectivity index (χ0) is 23.8. The molecule has 9 heteroatoms. The Morgan fingerprint density at radius 3 is 2.56 bits per heavy atom. The highest BCUT2D eigenvalue weighted by atomic mass is 35.5. The van der Waals surface area contributed by atoms with Crippen molar-refractivity contribution in [3.05, 3.63) is 81.7 Å². The number of thioether (sulfide) groups is 2. The van der Waals surface area contributed by atoms with Gasteiger partial charge < -0.3 is 14.7 Å². The van der Waals surface area contributed by atoms with Crippen molar-refractivity contribution in [2.24, 2.45) is 4.99 Å². The summed E-state index contributed by atoms with van der Waals surface area (Å²) < 4.78 is 5.41. The van der Waals surface area contributed by atoms with Crippen LogP contribution in [0.3, 0.4) is 0 Å². The van der Waals surface area contributed by atoms with E-state index >= 15 is 0 Å². The Labute approximate surface area is 210 Å². The number of benzene rings is 3. The van der Waals surface area contributed by atoms with Crippen LogP contribution in [0.15, 0.2) is 86.6 Å². The van der Waals surface area contributed by atoms with E-state index in [0.29, 0.717) is 33.0 Å². The van der Waals surface area contributed by atoms with Gasteiger partial charge in [0.05, 0.1) is 24.2 Å². The largest absolute Gasteiger partial charge is 0.508 e. The lowest BCUT2D eigenvalue weighted by Gasteiger charge is -2.19. The topological polar surface area (TPSA) is 65.4 Å². The number of amides is 1. The molecule has 6 nitrogen and oxygen atoms in total. The monoisotopic (exact) mass is 509 g/mol. The molecule has 0 unspecified atom stereocenters. The Morgan fingerprint density at radius 1 is 1.06 bits per heavy atom. The minimum absolute atomic E-state index is 0.128. The molecule has 1 fully saturated rings. The van der Waals surface area contributed by atoms with Crippen molar-refractivity contribution in [2.75, 3.05) is 23.5 Å². The molecular formula is C25H20ClN3O3S2. The first-order valence-corrected chi connectivity index (χ1v) is 12.5.